The van der Waals surface area contributed by atoms with Gasteiger partial charge in [0.05, 0.1) is 6.54 Å². The number of nitrogens with zero attached hydrogens (tertiary/aromatic N) is 4. The number of halogens is 5. The van der Waals surface area contributed by atoms with Crippen molar-refractivity contribution in [1.82, 2.24) is 19.6 Å². The smallest absolute Gasteiger partial charge is 0.302 e. The first kappa shape index (κ1) is 18.6. The van der Waals surface area contributed by atoms with Gasteiger partial charge >= 0.3 is 6.55 Å². The van der Waals surface area contributed by atoms with Crippen molar-refractivity contribution in [1.29, 1.82) is 0 Å². The third-order valence-electron chi connectivity index (χ3n) is 3.37. The number of hydrogen-bond acceptors (Lipinski definition) is 3. The molecule has 1 amide bonds. The predicted molar refractivity (Wildman–Crippen MR) is 94.2 cm³/mol. The second kappa shape index (κ2) is 7.61. The summed E-state index contributed by atoms with van der Waals surface area (Å²) in [6.07, 6.45) is 2.48. The largest absolute Gasteiger partial charge is 0.333 e. The van der Waals surface area contributed by atoms with E-state index < -0.39 is 12.5 Å². The number of carbonyl (C=O) groups is 1. The summed E-state index contributed by atoms with van der Waals surface area (Å²) in [4.78, 5) is 12.1. The maximum absolute atomic E-state index is 12.5. The topological polar surface area (TPSA) is 64.7 Å². The van der Waals surface area contributed by atoms with Crippen LogP contribution in [0.3, 0.4) is 0 Å². The number of rotatable bonds is 5. The molecule has 0 saturated carbocycles. The van der Waals surface area contributed by atoms with Crippen molar-refractivity contribution in [3.05, 3.63) is 63.0 Å². The van der Waals surface area contributed by atoms with Gasteiger partial charge in [0.15, 0.2) is 11.5 Å². The van der Waals surface area contributed by atoms with Crippen LogP contribution in [0.1, 0.15) is 22.6 Å². The lowest BCUT2D eigenvalue weighted by atomic mass is 10.2. The van der Waals surface area contributed by atoms with Gasteiger partial charge in [-0.2, -0.15) is 19.0 Å². The molecule has 0 bridgehead atoms. The third kappa shape index (κ3) is 3.98. The summed E-state index contributed by atoms with van der Waals surface area (Å²) in [6.45, 7) is -2.60. The van der Waals surface area contributed by atoms with Gasteiger partial charge in [0, 0.05) is 28.0 Å². The highest BCUT2D eigenvalue weighted by Crippen LogP contribution is 2.27. The molecule has 0 aliphatic heterocycles. The molecule has 11 heteroatoms. The average Bonchev–Trinajstić information content (AvgIpc) is 3.19. The lowest BCUT2D eigenvalue weighted by molar-refractivity contribution is 0.0561. The Balaban J connectivity index is 1.76. The van der Waals surface area contributed by atoms with Crippen LogP contribution in [0.5, 0.6) is 0 Å². The highest BCUT2D eigenvalue weighted by molar-refractivity contribution is 6.36. The Morgan fingerprint density at radius 3 is 2.42 bits per heavy atom. The lowest BCUT2D eigenvalue weighted by Crippen LogP contribution is -2.14. The van der Waals surface area contributed by atoms with Gasteiger partial charge in [-0.05, 0) is 18.2 Å². The maximum Gasteiger partial charge on any atom is 0.333 e. The van der Waals surface area contributed by atoms with Crippen LogP contribution >= 0.6 is 34.8 Å². The molecule has 0 unspecified atom stereocenters. The fraction of sp³-hybridized carbons (Fsp3) is 0.133. The minimum Gasteiger partial charge on any atom is -0.302 e. The molecular formula is C15H10Cl3F2N5O. The van der Waals surface area contributed by atoms with Crippen molar-refractivity contribution >= 4 is 46.5 Å². The fourth-order valence-corrected chi connectivity index (χ4v) is 2.86. The van der Waals surface area contributed by atoms with E-state index in [1.54, 1.807) is 18.2 Å². The predicted octanol–water partition coefficient (Wildman–Crippen LogP) is 4.74. The number of anilines is 1. The SMILES string of the molecule is O=C(Nc1nn(Cc2c(Cl)cccc2Cl)cc1Cl)c1ccn(C(F)F)n1. The first-order valence-electron chi connectivity index (χ1n) is 7.15. The summed E-state index contributed by atoms with van der Waals surface area (Å²) >= 11 is 18.3. The molecule has 0 aliphatic carbocycles. The van der Waals surface area contributed by atoms with Crippen LogP contribution in [0, 0.1) is 0 Å². The van der Waals surface area contributed by atoms with Gasteiger partial charge in [-0.3, -0.25) is 9.48 Å². The van der Waals surface area contributed by atoms with Crippen LogP contribution < -0.4 is 5.32 Å². The normalized spacial score (nSPS) is 11.2. The molecular weight excluding hydrogens is 411 g/mol. The van der Waals surface area contributed by atoms with Crippen LogP contribution in [-0.2, 0) is 6.54 Å². The Hall–Kier alpha value is -2.16. The maximum atomic E-state index is 12.5. The molecule has 3 rings (SSSR count). The summed E-state index contributed by atoms with van der Waals surface area (Å²) in [5.41, 5.74) is 0.452. The molecule has 1 aromatic carbocycles. The van der Waals surface area contributed by atoms with Crippen LogP contribution in [0.25, 0.3) is 0 Å². The summed E-state index contributed by atoms with van der Waals surface area (Å²) in [5, 5.41) is 11.1. The van der Waals surface area contributed by atoms with Gasteiger partial charge in [0.1, 0.15) is 5.02 Å². The zero-order chi connectivity index (χ0) is 18.8. The molecule has 1 N–H and O–H groups in total. The fourth-order valence-electron chi connectivity index (χ4n) is 2.15. The van der Waals surface area contributed by atoms with E-state index in [1.807, 2.05) is 0 Å². The van der Waals surface area contributed by atoms with Crippen LogP contribution in [0.4, 0.5) is 14.6 Å². The molecule has 0 radical (unpaired) electrons. The van der Waals surface area contributed by atoms with E-state index in [1.165, 1.54) is 10.9 Å². The molecule has 26 heavy (non-hydrogen) atoms. The second-order valence-corrected chi connectivity index (χ2v) is 6.36. The van der Waals surface area contributed by atoms with Gasteiger partial charge in [-0.1, -0.05) is 40.9 Å². The number of benzene rings is 1. The summed E-state index contributed by atoms with van der Waals surface area (Å²) in [7, 11) is 0. The van der Waals surface area contributed by atoms with Crippen molar-refractivity contribution in [2.45, 2.75) is 13.1 Å². The Bertz CT molecular complexity index is 936. The van der Waals surface area contributed by atoms with Crippen molar-refractivity contribution in [2.24, 2.45) is 0 Å². The summed E-state index contributed by atoms with van der Waals surface area (Å²) in [6, 6.07) is 6.26. The molecule has 0 saturated heterocycles. The van der Waals surface area contributed by atoms with E-state index in [0.29, 0.717) is 20.3 Å². The monoisotopic (exact) mass is 419 g/mol. The molecule has 2 aromatic heterocycles. The first-order chi connectivity index (χ1) is 12.3. The molecule has 6 nitrogen and oxygen atoms in total. The molecule has 0 fully saturated rings. The first-order valence-corrected chi connectivity index (χ1v) is 8.29. The quantitative estimate of drug-likeness (QED) is 0.649. The zero-order valence-electron chi connectivity index (χ0n) is 12.8. The van der Waals surface area contributed by atoms with E-state index in [-0.39, 0.29) is 23.1 Å². The van der Waals surface area contributed by atoms with E-state index in [9.17, 15) is 13.6 Å². The number of alkyl halides is 2. The van der Waals surface area contributed by atoms with Gasteiger partial charge in [0.25, 0.3) is 5.91 Å². The summed E-state index contributed by atoms with van der Waals surface area (Å²) in [5.74, 6) is -0.654. The van der Waals surface area contributed by atoms with E-state index >= 15 is 0 Å². The highest BCUT2D eigenvalue weighted by Gasteiger charge is 2.17. The number of amides is 1. The van der Waals surface area contributed by atoms with Gasteiger partial charge in [-0.15, -0.1) is 0 Å². The molecule has 0 aliphatic rings. The van der Waals surface area contributed by atoms with Crippen LogP contribution in [0.2, 0.25) is 15.1 Å². The lowest BCUT2D eigenvalue weighted by Gasteiger charge is -2.06. The number of carbonyl (C=O) groups excluding carboxylic acids is 1. The minimum absolute atomic E-state index is 0.0615. The van der Waals surface area contributed by atoms with Crippen molar-refractivity contribution < 1.29 is 13.6 Å². The molecule has 136 valence electrons. The van der Waals surface area contributed by atoms with Crippen molar-refractivity contribution in [2.75, 3.05) is 5.32 Å². The number of aromatic nitrogens is 4. The Morgan fingerprint density at radius 1 is 1.12 bits per heavy atom. The zero-order valence-corrected chi connectivity index (χ0v) is 15.1. The van der Waals surface area contributed by atoms with E-state index in [4.69, 9.17) is 34.8 Å². The van der Waals surface area contributed by atoms with E-state index in [2.05, 4.69) is 15.5 Å². The Labute approximate surface area is 161 Å². The molecule has 3 aromatic rings. The highest BCUT2D eigenvalue weighted by atomic mass is 35.5. The molecule has 0 atom stereocenters. The second-order valence-electron chi connectivity index (χ2n) is 5.14. The van der Waals surface area contributed by atoms with Crippen LogP contribution in [-0.4, -0.2) is 25.5 Å². The number of nitrogens with one attached hydrogen (secondary N) is 1. The Morgan fingerprint density at radius 2 is 1.81 bits per heavy atom. The van der Waals surface area contributed by atoms with Gasteiger partial charge < -0.3 is 5.32 Å². The van der Waals surface area contributed by atoms with Crippen molar-refractivity contribution in [3.63, 3.8) is 0 Å². The summed E-state index contributed by atoms with van der Waals surface area (Å²) < 4.78 is 26.9. The van der Waals surface area contributed by atoms with E-state index in [0.717, 1.165) is 12.3 Å². The van der Waals surface area contributed by atoms with Crippen molar-refractivity contribution in [3.8, 4) is 0 Å². The minimum atomic E-state index is -2.83. The standard InChI is InChI=1S/C15H10Cl3F2N5O/c16-9-2-1-3-10(17)8(9)6-24-7-11(18)13(23-24)21-14(26)12-4-5-25(22-12)15(19)20/h1-5,7,15H,6H2,(H,21,23,26). The third-order valence-corrected chi connectivity index (χ3v) is 4.36. The molecule has 2 heterocycles. The average molecular weight is 421 g/mol. The Kier molecular flexibility index (Phi) is 5.45. The number of hydrogen-bond donors (Lipinski definition) is 1. The van der Waals surface area contributed by atoms with Gasteiger partial charge in [-0.25, -0.2) is 4.68 Å². The van der Waals surface area contributed by atoms with Crippen LogP contribution in [0.15, 0.2) is 36.7 Å². The van der Waals surface area contributed by atoms with Gasteiger partial charge in [0.2, 0.25) is 0 Å². The molecule has 0 spiro atoms.